The van der Waals surface area contributed by atoms with E-state index < -0.39 is 13.9 Å². The molecule has 0 aliphatic carbocycles. The Labute approximate surface area is 160 Å². The molecular formula is C17H30NO8P. The van der Waals surface area contributed by atoms with Crippen LogP contribution in [0.5, 0.6) is 0 Å². The third-order valence-electron chi connectivity index (χ3n) is 4.53. The first-order chi connectivity index (χ1) is 12.9. The predicted octanol–water partition coefficient (Wildman–Crippen LogP) is 2.44. The van der Waals surface area contributed by atoms with Gasteiger partial charge in [-0.1, -0.05) is 0 Å². The molecule has 10 heteroatoms. The van der Waals surface area contributed by atoms with Crippen molar-refractivity contribution in [3.63, 3.8) is 0 Å². The minimum Gasteiger partial charge on any atom is -0.382 e. The Morgan fingerprint density at radius 2 is 1.67 bits per heavy atom. The van der Waals surface area contributed by atoms with E-state index in [2.05, 4.69) is 0 Å². The van der Waals surface area contributed by atoms with Crippen LogP contribution in [0.25, 0.3) is 0 Å². The topological polar surface area (TPSA) is 105 Å². The maximum atomic E-state index is 13.2. The number of ether oxygens (including phenoxy) is 4. The van der Waals surface area contributed by atoms with Crippen molar-refractivity contribution < 1.29 is 37.1 Å². The molecule has 0 aromatic heterocycles. The molecule has 0 bridgehead atoms. The van der Waals surface area contributed by atoms with Crippen molar-refractivity contribution in [1.82, 2.24) is 0 Å². The molecule has 0 amide bonds. The zero-order chi connectivity index (χ0) is 19.9. The molecule has 0 aromatic rings. The Morgan fingerprint density at radius 1 is 1.04 bits per heavy atom. The Bertz CT molecular complexity index is 542. The summed E-state index contributed by atoms with van der Waals surface area (Å²) < 4.78 is 51.8. The highest BCUT2D eigenvalue weighted by Gasteiger charge is 2.42. The standard InChI is InChI=1S/C17H30NO8P/c1-12-8-14(21-4)17(25-12)11-23-27(19,22-7-5-6-18)26-15-9-13(2)24-16(15)10-20-3/h12-17H,5,7-11H2,1-4H3. The maximum Gasteiger partial charge on any atom is 0.475 e. The molecule has 27 heavy (non-hydrogen) atoms. The van der Waals surface area contributed by atoms with Crippen molar-refractivity contribution in [1.29, 1.82) is 5.26 Å². The molecule has 2 fully saturated rings. The second kappa shape index (κ2) is 10.8. The first kappa shape index (κ1) is 22.7. The van der Waals surface area contributed by atoms with Crippen molar-refractivity contribution in [2.45, 2.75) is 69.7 Å². The van der Waals surface area contributed by atoms with Crippen LogP contribution in [0.2, 0.25) is 0 Å². The fraction of sp³-hybridized carbons (Fsp3) is 0.941. The van der Waals surface area contributed by atoms with E-state index >= 15 is 0 Å². The van der Waals surface area contributed by atoms with Gasteiger partial charge in [-0.2, -0.15) is 5.26 Å². The summed E-state index contributed by atoms with van der Waals surface area (Å²) in [6.45, 7) is 4.11. The van der Waals surface area contributed by atoms with Gasteiger partial charge >= 0.3 is 7.82 Å². The number of phosphoric ester groups is 1. The predicted molar refractivity (Wildman–Crippen MR) is 95.2 cm³/mol. The summed E-state index contributed by atoms with van der Waals surface area (Å²) in [5.74, 6) is 0. The van der Waals surface area contributed by atoms with E-state index in [0.717, 1.165) is 6.42 Å². The van der Waals surface area contributed by atoms with Gasteiger partial charge in [0, 0.05) is 27.1 Å². The minimum absolute atomic E-state index is 0.00472. The Morgan fingerprint density at radius 3 is 2.26 bits per heavy atom. The van der Waals surface area contributed by atoms with Crippen molar-refractivity contribution in [2.24, 2.45) is 0 Å². The number of nitriles is 1. The largest absolute Gasteiger partial charge is 0.475 e. The molecule has 2 saturated heterocycles. The molecule has 2 rings (SSSR count). The maximum absolute atomic E-state index is 13.2. The quantitative estimate of drug-likeness (QED) is 0.377. The van der Waals surface area contributed by atoms with Gasteiger partial charge in [-0.3, -0.25) is 13.6 Å². The smallest absolute Gasteiger partial charge is 0.382 e. The van der Waals surface area contributed by atoms with Crippen LogP contribution in [-0.4, -0.2) is 70.7 Å². The van der Waals surface area contributed by atoms with Gasteiger partial charge in [-0.25, -0.2) is 4.57 Å². The van der Waals surface area contributed by atoms with Gasteiger partial charge in [0.25, 0.3) is 0 Å². The Balaban J connectivity index is 2.00. The SMILES string of the molecule is COCC1OC(C)CC1OP(=O)(OCCC#N)OCC1OC(C)CC1OC. The van der Waals surface area contributed by atoms with Gasteiger partial charge in [0.05, 0.1) is 50.6 Å². The summed E-state index contributed by atoms with van der Waals surface area (Å²) in [6, 6.07) is 1.94. The van der Waals surface area contributed by atoms with E-state index in [1.807, 2.05) is 19.9 Å². The molecule has 2 aliphatic rings. The molecule has 7 unspecified atom stereocenters. The van der Waals surface area contributed by atoms with Gasteiger partial charge in [-0.15, -0.1) is 0 Å². The third kappa shape index (κ3) is 6.77. The van der Waals surface area contributed by atoms with Crippen molar-refractivity contribution in [3.8, 4) is 6.07 Å². The van der Waals surface area contributed by atoms with Crippen molar-refractivity contribution in [3.05, 3.63) is 0 Å². The number of phosphoric acid groups is 1. The Hall–Kier alpha value is -0.560. The monoisotopic (exact) mass is 407 g/mol. The van der Waals surface area contributed by atoms with Gasteiger partial charge in [-0.05, 0) is 13.8 Å². The lowest BCUT2D eigenvalue weighted by Crippen LogP contribution is -2.30. The highest BCUT2D eigenvalue weighted by molar-refractivity contribution is 7.48. The average Bonchev–Trinajstić information content (AvgIpc) is 3.15. The van der Waals surface area contributed by atoms with Crippen LogP contribution in [0.15, 0.2) is 0 Å². The summed E-state index contributed by atoms with van der Waals surface area (Å²) in [5, 5.41) is 8.72. The van der Waals surface area contributed by atoms with E-state index in [4.69, 9.17) is 37.8 Å². The molecule has 2 aliphatic heterocycles. The number of nitrogens with zero attached hydrogens (tertiary/aromatic N) is 1. The van der Waals surface area contributed by atoms with E-state index in [9.17, 15) is 4.57 Å². The zero-order valence-electron chi connectivity index (χ0n) is 16.4. The fourth-order valence-electron chi connectivity index (χ4n) is 3.29. The highest BCUT2D eigenvalue weighted by Crippen LogP contribution is 2.53. The normalized spacial score (nSPS) is 35.8. The first-order valence-corrected chi connectivity index (χ1v) is 10.6. The lowest BCUT2D eigenvalue weighted by atomic mass is 10.1. The van der Waals surface area contributed by atoms with E-state index in [-0.39, 0.29) is 50.2 Å². The second-order valence-corrected chi connectivity index (χ2v) is 8.42. The van der Waals surface area contributed by atoms with Gasteiger partial charge in [0.2, 0.25) is 0 Å². The van der Waals surface area contributed by atoms with E-state index in [1.54, 1.807) is 14.2 Å². The molecule has 2 heterocycles. The summed E-state index contributed by atoms with van der Waals surface area (Å²) in [4.78, 5) is 0. The van der Waals surface area contributed by atoms with E-state index in [0.29, 0.717) is 13.0 Å². The zero-order valence-corrected chi connectivity index (χ0v) is 17.3. The highest BCUT2D eigenvalue weighted by atomic mass is 31.2. The lowest BCUT2D eigenvalue weighted by Gasteiger charge is -2.25. The van der Waals surface area contributed by atoms with Crippen LogP contribution >= 0.6 is 7.82 Å². The molecule has 0 N–H and O–H groups in total. The summed E-state index contributed by atoms with van der Waals surface area (Å²) in [5.41, 5.74) is 0. The van der Waals surface area contributed by atoms with Crippen LogP contribution < -0.4 is 0 Å². The summed E-state index contributed by atoms with van der Waals surface area (Å²) in [6.07, 6.45) is -0.0505. The second-order valence-electron chi connectivity index (χ2n) is 6.80. The van der Waals surface area contributed by atoms with Gasteiger partial charge in [0.1, 0.15) is 18.3 Å². The molecule has 0 saturated carbocycles. The number of hydrogen-bond donors (Lipinski definition) is 0. The van der Waals surface area contributed by atoms with Crippen LogP contribution in [-0.2, 0) is 37.1 Å². The number of rotatable bonds is 11. The molecule has 0 spiro atoms. The molecule has 0 aromatic carbocycles. The third-order valence-corrected chi connectivity index (χ3v) is 6.02. The number of hydrogen-bond acceptors (Lipinski definition) is 9. The minimum atomic E-state index is -3.92. The molecular weight excluding hydrogens is 377 g/mol. The summed E-state index contributed by atoms with van der Waals surface area (Å²) >= 11 is 0. The van der Waals surface area contributed by atoms with Crippen LogP contribution in [0, 0.1) is 11.3 Å². The lowest BCUT2D eigenvalue weighted by molar-refractivity contribution is -0.0483. The van der Waals surface area contributed by atoms with Crippen LogP contribution in [0.3, 0.4) is 0 Å². The molecule has 156 valence electrons. The molecule has 0 radical (unpaired) electrons. The number of methoxy groups -OCH3 is 2. The molecule has 9 nitrogen and oxygen atoms in total. The fourth-order valence-corrected chi connectivity index (χ4v) is 4.68. The average molecular weight is 407 g/mol. The Kier molecular flexibility index (Phi) is 9.12. The van der Waals surface area contributed by atoms with E-state index in [1.165, 1.54) is 0 Å². The first-order valence-electron chi connectivity index (χ1n) is 9.18. The van der Waals surface area contributed by atoms with Crippen LogP contribution in [0.4, 0.5) is 0 Å². The molecule has 7 atom stereocenters. The van der Waals surface area contributed by atoms with Crippen molar-refractivity contribution >= 4 is 7.82 Å². The van der Waals surface area contributed by atoms with Gasteiger partial charge < -0.3 is 18.9 Å². The van der Waals surface area contributed by atoms with Crippen molar-refractivity contribution in [2.75, 3.05) is 34.0 Å². The summed E-state index contributed by atoms with van der Waals surface area (Å²) in [7, 11) is -0.753. The van der Waals surface area contributed by atoms with Crippen LogP contribution in [0.1, 0.15) is 33.1 Å². The van der Waals surface area contributed by atoms with Gasteiger partial charge in [0.15, 0.2) is 0 Å².